The summed E-state index contributed by atoms with van der Waals surface area (Å²) >= 11 is 0. The van der Waals surface area contributed by atoms with Gasteiger partial charge in [0, 0.05) is 8.41 Å². The van der Waals surface area contributed by atoms with Crippen molar-refractivity contribution in [3.8, 4) is 0 Å². The Kier molecular flexibility index (Phi) is 5.89. The molecule has 14 heavy (non-hydrogen) atoms. The molecule has 0 atom stereocenters. The van der Waals surface area contributed by atoms with Gasteiger partial charge < -0.3 is 24.7 Å². The van der Waals surface area contributed by atoms with Crippen molar-refractivity contribution in [2.75, 3.05) is 0 Å². The van der Waals surface area contributed by atoms with Gasteiger partial charge in [0.05, 0.1) is 6.42 Å². The van der Waals surface area contributed by atoms with Crippen molar-refractivity contribution in [1.82, 2.24) is 0 Å². The van der Waals surface area contributed by atoms with E-state index < -0.39 is 33.0 Å². The second kappa shape index (κ2) is 5.07. The maximum absolute atomic E-state index is 10.5. The Hall–Kier alpha value is -0.165. The standard InChI is InChI=1S/C3H8O8P2.B/c4-2(5)1-3(12(6,7)8)13(9,10)11;/h3H,1H2,(H,4,5)(H2,6,7,8)(H2,9,10,11);. The van der Waals surface area contributed by atoms with Gasteiger partial charge in [0.25, 0.3) is 0 Å². The molecule has 0 aliphatic heterocycles. The van der Waals surface area contributed by atoms with Gasteiger partial charge in [0.15, 0.2) is 5.40 Å². The summed E-state index contributed by atoms with van der Waals surface area (Å²) in [5.74, 6) is -1.68. The maximum Gasteiger partial charge on any atom is 0.341 e. The first-order chi connectivity index (χ1) is 5.55. The summed E-state index contributed by atoms with van der Waals surface area (Å²) in [4.78, 5) is 43.7. The molecule has 0 rings (SSSR count). The van der Waals surface area contributed by atoms with Gasteiger partial charge in [0.2, 0.25) is 0 Å². The van der Waals surface area contributed by atoms with Gasteiger partial charge in [-0.1, -0.05) is 0 Å². The second-order valence-corrected chi connectivity index (χ2v) is 6.27. The molecule has 8 nitrogen and oxygen atoms in total. The highest BCUT2D eigenvalue weighted by Gasteiger charge is 2.44. The lowest BCUT2D eigenvalue weighted by Gasteiger charge is -2.17. The van der Waals surface area contributed by atoms with Gasteiger partial charge in [-0.3, -0.25) is 13.9 Å². The van der Waals surface area contributed by atoms with Crippen molar-refractivity contribution in [1.29, 1.82) is 0 Å². The Labute approximate surface area is 80.8 Å². The minimum atomic E-state index is -5.10. The average Bonchev–Trinajstić information content (AvgIpc) is 1.77. The van der Waals surface area contributed by atoms with Crippen molar-refractivity contribution in [3.63, 3.8) is 0 Å². The zero-order valence-corrected chi connectivity index (χ0v) is 8.51. The van der Waals surface area contributed by atoms with Crippen LogP contribution in [0.5, 0.6) is 0 Å². The van der Waals surface area contributed by atoms with Gasteiger partial charge in [-0.2, -0.15) is 0 Å². The highest BCUT2D eigenvalue weighted by Crippen LogP contribution is 2.61. The number of aliphatic carboxylic acids is 1. The first-order valence-corrected chi connectivity index (χ1v) is 6.23. The molecule has 0 aromatic carbocycles. The Morgan fingerprint density at radius 3 is 1.43 bits per heavy atom. The Balaban J connectivity index is 0. The summed E-state index contributed by atoms with van der Waals surface area (Å²) in [5, 5.41) is 5.66. The quantitative estimate of drug-likeness (QED) is 0.304. The summed E-state index contributed by atoms with van der Waals surface area (Å²) in [5.41, 5.74) is 0. The van der Waals surface area contributed by atoms with Crippen molar-refractivity contribution >= 4 is 29.6 Å². The fraction of sp³-hybridized carbons (Fsp3) is 0.667. The van der Waals surface area contributed by atoms with Crippen LogP contribution in [0.15, 0.2) is 0 Å². The van der Waals surface area contributed by atoms with Crippen LogP contribution >= 0.6 is 15.2 Å². The maximum atomic E-state index is 10.5. The Morgan fingerprint density at radius 1 is 1.07 bits per heavy atom. The lowest BCUT2D eigenvalue weighted by Crippen LogP contribution is -2.14. The molecule has 5 N–H and O–H groups in total. The van der Waals surface area contributed by atoms with E-state index in [1.54, 1.807) is 0 Å². The van der Waals surface area contributed by atoms with Crippen LogP contribution in [0.2, 0.25) is 0 Å². The lowest BCUT2D eigenvalue weighted by molar-refractivity contribution is -0.136. The van der Waals surface area contributed by atoms with E-state index in [0.717, 1.165) is 0 Å². The third kappa shape index (κ3) is 5.54. The second-order valence-electron chi connectivity index (χ2n) is 2.26. The molecule has 0 aromatic rings. The van der Waals surface area contributed by atoms with Crippen LogP contribution in [-0.2, 0) is 13.9 Å². The molecule has 0 unspecified atom stereocenters. The van der Waals surface area contributed by atoms with Crippen LogP contribution < -0.4 is 0 Å². The van der Waals surface area contributed by atoms with Crippen molar-refractivity contribution in [2.45, 2.75) is 11.8 Å². The normalized spacial score (nSPS) is 12.4. The van der Waals surface area contributed by atoms with E-state index in [1.807, 2.05) is 0 Å². The van der Waals surface area contributed by atoms with Gasteiger partial charge in [-0.05, 0) is 0 Å². The first kappa shape index (κ1) is 16.3. The molecule has 11 heteroatoms. The first-order valence-electron chi connectivity index (χ1n) is 2.87. The molecule has 0 saturated heterocycles. The zero-order valence-electron chi connectivity index (χ0n) is 6.72. The molecular weight excluding hydrogens is 237 g/mol. The summed E-state index contributed by atoms with van der Waals surface area (Å²) in [6.07, 6.45) is -1.27. The molecule has 0 bridgehead atoms. The van der Waals surface area contributed by atoms with Crippen molar-refractivity contribution in [2.24, 2.45) is 0 Å². The van der Waals surface area contributed by atoms with Crippen molar-refractivity contribution in [3.05, 3.63) is 0 Å². The van der Waals surface area contributed by atoms with Gasteiger partial charge in [0.1, 0.15) is 0 Å². The molecule has 0 heterocycles. The predicted octanol–water partition coefficient (Wildman–Crippen LogP) is -1.24. The highest BCUT2D eigenvalue weighted by molar-refractivity contribution is 7.70. The summed E-state index contributed by atoms with van der Waals surface area (Å²) in [6, 6.07) is 0. The molecule has 3 radical (unpaired) electrons. The van der Waals surface area contributed by atoms with Crippen LogP contribution in [0.1, 0.15) is 6.42 Å². The smallest absolute Gasteiger partial charge is 0.341 e. The van der Waals surface area contributed by atoms with Gasteiger partial charge >= 0.3 is 21.2 Å². The van der Waals surface area contributed by atoms with E-state index in [2.05, 4.69) is 0 Å². The fourth-order valence-corrected chi connectivity index (χ4v) is 2.95. The highest BCUT2D eigenvalue weighted by atomic mass is 31.2. The van der Waals surface area contributed by atoms with E-state index in [4.69, 9.17) is 24.7 Å². The lowest BCUT2D eigenvalue weighted by atomic mass is 10.5. The van der Waals surface area contributed by atoms with E-state index in [1.165, 1.54) is 0 Å². The van der Waals surface area contributed by atoms with E-state index >= 15 is 0 Å². The molecule has 0 spiro atoms. The molecule has 0 aliphatic carbocycles. The SMILES string of the molecule is O=C(O)CC(P(=O)(O)O)P(=O)(O)O.[B]. The predicted molar refractivity (Wildman–Crippen MR) is 45.9 cm³/mol. The third-order valence-corrected chi connectivity index (χ3v) is 4.86. The topological polar surface area (TPSA) is 152 Å². The molecule has 0 amide bonds. The van der Waals surface area contributed by atoms with Crippen LogP contribution in [-0.4, -0.2) is 44.5 Å². The van der Waals surface area contributed by atoms with Crippen LogP contribution in [0.25, 0.3) is 0 Å². The minimum Gasteiger partial charge on any atom is -0.481 e. The Bertz CT molecular complexity index is 267. The largest absolute Gasteiger partial charge is 0.481 e. The molecule has 0 saturated carbocycles. The number of rotatable bonds is 4. The van der Waals surface area contributed by atoms with E-state index in [0.29, 0.717) is 0 Å². The number of hydrogen-bond acceptors (Lipinski definition) is 3. The molecular formula is C3H8BO8P2. The van der Waals surface area contributed by atoms with Crippen LogP contribution in [0.4, 0.5) is 0 Å². The Morgan fingerprint density at radius 2 is 1.36 bits per heavy atom. The zero-order chi connectivity index (χ0) is 10.9. The number of carbonyl (C=O) groups is 1. The van der Waals surface area contributed by atoms with Crippen LogP contribution in [0.3, 0.4) is 0 Å². The summed E-state index contributed by atoms with van der Waals surface area (Å²) in [6.45, 7) is 0. The van der Waals surface area contributed by atoms with E-state index in [9.17, 15) is 13.9 Å². The van der Waals surface area contributed by atoms with E-state index in [-0.39, 0.29) is 8.41 Å². The van der Waals surface area contributed by atoms with Crippen molar-refractivity contribution < 1.29 is 38.6 Å². The number of carboxylic acid groups (broad SMARTS) is 1. The summed E-state index contributed by atoms with van der Waals surface area (Å²) in [7, 11) is -10.2. The molecule has 81 valence electrons. The minimum absolute atomic E-state index is 0. The number of hydrogen-bond donors (Lipinski definition) is 5. The third-order valence-electron chi connectivity index (χ3n) is 1.13. The van der Waals surface area contributed by atoms with Gasteiger partial charge in [-0.25, -0.2) is 0 Å². The molecule has 0 aliphatic rings. The average molecular weight is 245 g/mol. The number of carboxylic acids is 1. The van der Waals surface area contributed by atoms with Crippen LogP contribution in [0, 0.1) is 0 Å². The summed E-state index contributed by atoms with van der Waals surface area (Å²) < 4.78 is 20.9. The fourth-order valence-electron chi connectivity index (χ4n) is 0.590. The molecule has 0 fully saturated rings. The van der Waals surface area contributed by atoms with Gasteiger partial charge in [-0.15, -0.1) is 0 Å². The monoisotopic (exact) mass is 245 g/mol. The molecule has 0 aromatic heterocycles.